The first kappa shape index (κ1) is 13.9. The summed E-state index contributed by atoms with van der Waals surface area (Å²) >= 11 is 0. The van der Waals surface area contributed by atoms with E-state index >= 15 is 0 Å². The van der Waals surface area contributed by atoms with E-state index in [4.69, 9.17) is 15.6 Å². The van der Waals surface area contributed by atoms with Crippen molar-refractivity contribution >= 4 is 11.9 Å². The van der Waals surface area contributed by atoms with Crippen LogP contribution < -0.4 is 5.73 Å². The van der Waals surface area contributed by atoms with Gasteiger partial charge >= 0.3 is 11.9 Å². The predicted octanol–water partition coefficient (Wildman–Crippen LogP) is 0.766. The van der Waals surface area contributed by atoms with Crippen LogP contribution in [0.5, 0.6) is 0 Å². The van der Waals surface area contributed by atoms with Crippen LogP contribution in [0.2, 0.25) is 0 Å². The highest BCUT2D eigenvalue weighted by atomic mass is 16.5. The van der Waals surface area contributed by atoms with Crippen LogP contribution in [0.4, 0.5) is 0 Å². The van der Waals surface area contributed by atoms with Crippen LogP contribution in [-0.2, 0) is 14.3 Å². The molecule has 0 aliphatic rings. The molecule has 88 valence electrons. The molecule has 2 atom stereocenters. The molecule has 0 aromatic carbocycles. The molecule has 0 radical (unpaired) electrons. The van der Waals surface area contributed by atoms with Gasteiger partial charge in [0.05, 0.1) is 6.42 Å². The summed E-state index contributed by atoms with van der Waals surface area (Å²) in [4.78, 5) is 21.3. The quantitative estimate of drug-likeness (QED) is 0.641. The van der Waals surface area contributed by atoms with Gasteiger partial charge in [0.15, 0.2) is 0 Å². The number of nitrogens with two attached hydrogens (primary N) is 1. The molecule has 0 aliphatic carbocycles. The maximum Gasteiger partial charge on any atom is 0.307 e. The first-order chi connectivity index (χ1) is 6.82. The van der Waals surface area contributed by atoms with Crippen molar-refractivity contribution in [2.45, 2.75) is 45.8 Å². The Hall–Kier alpha value is -1.10. The summed E-state index contributed by atoms with van der Waals surface area (Å²) in [6.07, 6.45) is -0.346. The average Bonchev–Trinajstić information content (AvgIpc) is 1.99. The molecular weight excluding hydrogens is 198 g/mol. The molecule has 5 heteroatoms. The topological polar surface area (TPSA) is 89.6 Å². The third-order valence-electron chi connectivity index (χ3n) is 1.91. The molecule has 0 heterocycles. The van der Waals surface area contributed by atoms with Crippen molar-refractivity contribution in [3.8, 4) is 0 Å². The maximum atomic E-state index is 10.8. The number of hydrogen-bond acceptors (Lipinski definition) is 4. The fourth-order valence-corrected chi connectivity index (χ4v) is 1.36. The summed E-state index contributed by atoms with van der Waals surface area (Å²) in [6, 6.07) is -0.426. The van der Waals surface area contributed by atoms with E-state index in [0.717, 1.165) is 0 Å². The van der Waals surface area contributed by atoms with Crippen molar-refractivity contribution in [1.82, 2.24) is 0 Å². The number of carbonyl (C=O) groups excluding carboxylic acids is 1. The molecule has 3 N–H and O–H groups in total. The molecule has 0 aliphatic heterocycles. The van der Waals surface area contributed by atoms with Crippen molar-refractivity contribution < 1.29 is 19.4 Å². The minimum atomic E-state index is -1.01. The standard InChI is InChI=1S/C10H19NO4/c1-6(2)4-8(11)9(5-10(13)14)15-7(3)12/h6,8-9H,4-5,11H2,1-3H3,(H,13,14)/t8-,9-/m0/s1. The lowest BCUT2D eigenvalue weighted by molar-refractivity contribution is -0.152. The zero-order valence-corrected chi connectivity index (χ0v) is 9.40. The number of hydrogen-bond donors (Lipinski definition) is 2. The van der Waals surface area contributed by atoms with Gasteiger partial charge in [-0.3, -0.25) is 9.59 Å². The van der Waals surface area contributed by atoms with E-state index in [-0.39, 0.29) is 6.42 Å². The number of esters is 1. The highest BCUT2D eigenvalue weighted by Crippen LogP contribution is 2.12. The Morgan fingerprint density at radius 1 is 1.40 bits per heavy atom. The molecule has 15 heavy (non-hydrogen) atoms. The smallest absolute Gasteiger partial charge is 0.307 e. The number of ether oxygens (including phenoxy) is 1. The second kappa shape index (κ2) is 6.40. The summed E-state index contributed by atoms with van der Waals surface area (Å²) in [5.74, 6) is -1.17. The van der Waals surface area contributed by atoms with Gasteiger partial charge in [-0.2, -0.15) is 0 Å². The van der Waals surface area contributed by atoms with E-state index in [1.807, 2.05) is 13.8 Å². The van der Waals surface area contributed by atoms with E-state index in [0.29, 0.717) is 12.3 Å². The van der Waals surface area contributed by atoms with Crippen LogP contribution in [0.15, 0.2) is 0 Å². The summed E-state index contributed by atoms with van der Waals surface area (Å²) in [5.41, 5.74) is 5.77. The fraction of sp³-hybridized carbons (Fsp3) is 0.800. The molecule has 0 saturated carbocycles. The fourth-order valence-electron chi connectivity index (χ4n) is 1.36. The highest BCUT2D eigenvalue weighted by Gasteiger charge is 2.24. The molecular formula is C10H19NO4. The van der Waals surface area contributed by atoms with E-state index in [1.54, 1.807) is 0 Å². The normalized spacial score (nSPS) is 14.7. The number of carboxylic acids is 1. The van der Waals surface area contributed by atoms with Crippen molar-refractivity contribution in [2.75, 3.05) is 0 Å². The molecule has 0 rings (SSSR count). The van der Waals surface area contributed by atoms with E-state index in [1.165, 1.54) is 6.92 Å². The van der Waals surface area contributed by atoms with Gasteiger partial charge in [0.25, 0.3) is 0 Å². The van der Waals surface area contributed by atoms with Gasteiger partial charge < -0.3 is 15.6 Å². The van der Waals surface area contributed by atoms with Crippen molar-refractivity contribution in [1.29, 1.82) is 0 Å². The third kappa shape index (κ3) is 6.90. The Labute approximate surface area is 89.6 Å². The van der Waals surface area contributed by atoms with Crippen molar-refractivity contribution in [3.63, 3.8) is 0 Å². The first-order valence-corrected chi connectivity index (χ1v) is 4.97. The van der Waals surface area contributed by atoms with E-state index in [9.17, 15) is 9.59 Å². The average molecular weight is 217 g/mol. The molecule has 0 bridgehead atoms. The van der Waals surface area contributed by atoms with Crippen LogP contribution >= 0.6 is 0 Å². The summed E-state index contributed by atoms with van der Waals surface area (Å²) < 4.78 is 4.88. The lowest BCUT2D eigenvalue weighted by Crippen LogP contribution is -2.40. The zero-order chi connectivity index (χ0) is 12.0. The number of carboxylic acid groups (broad SMARTS) is 1. The Morgan fingerprint density at radius 3 is 2.27 bits per heavy atom. The van der Waals surface area contributed by atoms with Gasteiger partial charge in [0, 0.05) is 13.0 Å². The summed E-state index contributed by atoms with van der Waals surface area (Å²) in [7, 11) is 0. The molecule has 0 spiro atoms. The van der Waals surface area contributed by atoms with E-state index < -0.39 is 24.1 Å². The first-order valence-electron chi connectivity index (χ1n) is 4.97. The van der Waals surface area contributed by atoms with Gasteiger partial charge in [0.2, 0.25) is 0 Å². The van der Waals surface area contributed by atoms with Crippen molar-refractivity contribution in [3.05, 3.63) is 0 Å². The van der Waals surface area contributed by atoms with Crippen LogP contribution in [0, 0.1) is 5.92 Å². The Morgan fingerprint density at radius 2 is 1.93 bits per heavy atom. The number of rotatable bonds is 6. The molecule has 0 fully saturated rings. The van der Waals surface area contributed by atoms with E-state index in [2.05, 4.69) is 0 Å². The SMILES string of the molecule is CC(=O)O[C@@H](CC(=O)O)[C@@H](N)CC(C)C. The predicted molar refractivity (Wildman–Crippen MR) is 55.2 cm³/mol. The third-order valence-corrected chi connectivity index (χ3v) is 1.91. The van der Waals surface area contributed by atoms with Gasteiger partial charge in [-0.25, -0.2) is 0 Å². The van der Waals surface area contributed by atoms with Crippen LogP contribution in [-0.4, -0.2) is 29.2 Å². The summed E-state index contributed by atoms with van der Waals surface area (Å²) in [6.45, 7) is 5.20. The Bertz CT molecular complexity index is 211. The second-order valence-corrected chi connectivity index (χ2v) is 4.04. The minimum absolute atomic E-state index is 0.243. The molecule has 0 unspecified atom stereocenters. The summed E-state index contributed by atoms with van der Waals surface area (Å²) in [5, 5.41) is 8.63. The van der Waals surface area contributed by atoms with Gasteiger partial charge in [-0.15, -0.1) is 0 Å². The molecule has 0 saturated heterocycles. The highest BCUT2D eigenvalue weighted by molar-refractivity contribution is 5.69. The molecule has 0 amide bonds. The van der Waals surface area contributed by atoms with Gasteiger partial charge in [-0.1, -0.05) is 13.8 Å². The van der Waals surface area contributed by atoms with Gasteiger partial charge in [-0.05, 0) is 12.3 Å². The largest absolute Gasteiger partial charge is 0.481 e. The van der Waals surface area contributed by atoms with Crippen LogP contribution in [0.1, 0.15) is 33.6 Å². The zero-order valence-electron chi connectivity index (χ0n) is 9.40. The molecule has 5 nitrogen and oxygen atoms in total. The van der Waals surface area contributed by atoms with Gasteiger partial charge in [0.1, 0.15) is 6.10 Å². The lowest BCUT2D eigenvalue weighted by atomic mass is 9.98. The van der Waals surface area contributed by atoms with Crippen molar-refractivity contribution in [2.24, 2.45) is 11.7 Å². The number of aliphatic carboxylic acids is 1. The Balaban J connectivity index is 4.32. The Kier molecular flexibility index (Phi) is 5.93. The van der Waals surface area contributed by atoms with Crippen LogP contribution in [0.3, 0.4) is 0 Å². The molecule has 0 aromatic rings. The minimum Gasteiger partial charge on any atom is -0.481 e. The van der Waals surface area contributed by atoms with Crippen LogP contribution in [0.25, 0.3) is 0 Å². The second-order valence-electron chi connectivity index (χ2n) is 4.04. The molecule has 0 aromatic heterocycles. The monoisotopic (exact) mass is 217 g/mol. The lowest BCUT2D eigenvalue weighted by Gasteiger charge is -2.23. The maximum absolute atomic E-state index is 10.8. The number of carbonyl (C=O) groups is 2.